The van der Waals surface area contributed by atoms with E-state index >= 15 is 0 Å². The van der Waals surface area contributed by atoms with Gasteiger partial charge in [-0.05, 0) is 18.9 Å². The minimum atomic E-state index is -0.139. The number of hydrogen-bond donors (Lipinski definition) is 2. The summed E-state index contributed by atoms with van der Waals surface area (Å²) in [7, 11) is 0. The van der Waals surface area contributed by atoms with E-state index in [0.717, 1.165) is 18.4 Å². The van der Waals surface area contributed by atoms with Gasteiger partial charge in [-0.25, -0.2) is 4.39 Å². The lowest BCUT2D eigenvalue weighted by Crippen LogP contribution is -2.46. The topological polar surface area (TPSA) is 38.0 Å². The van der Waals surface area contributed by atoms with E-state index < -0.39 is 0 Å². The fourth-order valence-corrected chi connectivity index (χ4v) is 2.30. The summed E-state index contributed by atoms with van der Waals surface area (Å²) in [5, 5.41) is 3.36. The molecule has 88 valence electrons. The minimum Gasteiger partial charge on any atom is -0.326 e. The van der Waals surface area contributed by atoms with Crippen molar-refractivity contribution in [2.45, 2.75) is 44.3 Å². The van der Waals surface area contributed by atoms with Crippen molar-refractivity contribution in [3.05, 3.63) is 35.6 Å². The molecular weight excluding hydrogens is 203 g/mol. The highest BCUT2D eigenvalue weighted by atomic mass is 19.1. The smallest absolute Gasteiger partial charge is 0.127 e. The molecule has 1 fully saturated rings. The molecule has 2 rings (SSSR count). The van der Waals surface area contributed by atoms with Crippen LogP contribution >= 0.6 is 0 Å². The predicted molar refractivity (Wildman–Crippen MR) is 63.5 cm³/mol. The van der Waals surface area contributed by atoms with E-state index in [1.54, 1.807) is 6.07 Å². The fraction of sp³-hybridized carbons (Fsp3) is 0.538. The second kappa shape index (κ2) is 5.41. The van der Waals surface area contributed by atoms with Crippen LogP contribution in [0.15, 0.2) is 24.3 Å². The first-order valence-electron chi connectivity index (χ1n) is 6.00. The van der Waals surface area contributed by atoms with E-state index in [0.29, 0.717) is 12.6 Å². The molecule has 0 bridgehead atoms. The highest BCUT2D eigenvalue weighted by molar-refractivity contribution is 5.17. The van der Waals surface area contributed by atoms with Crippen LogP contribution < -0.4 is 11.1 Å². The van der Waals surface area contributed by atoms with Crippen molar-refractivity contribution in [2.24, 2.45) is 5.73 Å². The number of nitrogens with one attached hydrogen (secondary N) is 1. The summed E-state index contributed by atoms with van der Waals surface area (Å²) in [6.45, 7) is 0.574. The minimum absolute atomic E-state index is 0.139. The van der Waals surface area contributed by atoms with Gasteiger partial charge in [-0.3, -0.25) is 0 Å². The van der Waals surface area contributed by atoms with Crippen LogP contribution in [0.5, 0.6) is 0 Å². The third-order valence-corrected chi connectivity index (χ3v) is 3.33. The van der Waals surface area contributed by atoms with Crippen molar-refractivity contribution >= 4 is 0 Å². The molecule has 1 aromatic carbocycles. The molecule has 0 unspecified atom stereocenters. The zero-order chi connectivity index (χ0) is 11.4. The molecule has 0 spiro atoms. The Morgan fingerprint density at radius 2 is 2.00 bits per heavy atom. The molecule has 1 aliphatic rings. The molecule has 3 heteroatoms. The normalized spacial score (nSPS) is 25.6. The molecule has 1 aliphatic carbocycles. The Kier molecular flexibility index (Phi) is 3.91. The molecule has 0 heterocycles. The first-order valence-corrected chi connectivity index (χ1v) is 6.00. The third-order valence-electron chi connectivity index (χ3n) is 3.33. The van der Waals surface area contributed by atoms with E-state index in [2.05, 4.69) is 5.32 Å². The summed E-state index contributed by atoms with van der Waals surface area (Å²) < 4.78 is 13.4. The van der Waals surface area contributed by atoms with Crippen LogP contribution in [0, 0.1) is 5.82 Å². The Morgan fingerprint density at radius 3 is 2.75 bits per heavy atom. The van der Waals surface area contributed by atoms with Crippen LogP contribution in [-0.2, 0) is 6.54 Å². The van der Waals surface area contributed by atoms with Crippen molar-refractivity contribution in [2.75, 3.05) is 0 Å². The molecule has 2 atom stereocenters. The zero-order valence-corrected chi connectivity index (χ0v) is 9.45. The predicted octanol–water partition coefficient (Wildman–Crippen LogP) is 2.19. The molecule has 0 radical (unpaired) electrons. The van der Waals surface area contributed by atoms with Gasteiger partial charge in [0.2, 0.25) is 0 Å². The van der Waals surface area contributed by atoms with E-state index in [4.69, 9.17) is 5.73 Å². The van der Waals surface area contributed by atoms with Crippen molar-refractivity contribution in [3.8, 4) is 0 Å². The fourth-order valence-electron chi connectivity index (χ4n) is 2.30. The monoisotopic (exact) mass is 222 g/mol. The molecule has 0 saturated heterocycles. The largest absolute Gasteiger partial charge is 0.326 e. The van der Waals surface area contributed by atoms with Gasteiger partial charge in [0.15, 0.2) is 0 Å². The standard InChI is InChI=1S/C13H19FN2/c14-11-6-2-1-5-10(11)9-16-13-8-4-3-7-12(13)15/h1-2,5-6,12-13,16H,3-4,7-9,15H2/t12-,13-/m0/s1. The van der Waals surface area contributed by atoms with E-state index in [-0.39, 0.29) is 11.9 Å². The molecule has 3 N–H and O–H groups in total. The summed E-state index contributed by atoms with van der Waals surface area (Å²) in [5.41, 5.74) is 6.75. The maximum Gasteiger partial charge on any atom is 0.127 e. The molecule has 0 amide bonds. The first kappa shape index (κ1) is 11.6. The number of nitrogens with two attached hydrogens (primary N) is 1. The summed E-state index contributed by atoms with van der Waals surface area (Å²) in [4.78, 5) is 0. The lowest BCUT2D eigenvalue weighted by molar-refractivity contribution is 0.325. The maximum absolute atomic E-state index is 13.4. The van der Waals surface area contributed by atoms with Gasteiger partial charge in [-0.2, -0.15) is 0 Å². The Labute approximate surface area is 96.0 Å². The number of hydrogen-bond acceptors (Lipinski definition) is 2. The van der Waals surface area contributed by atoms with Crippen molar-refractivity contribution in [3.63, 3.8) is 0 Å². The Morgan fingerprint density at radius 1 is 1.25 bits per heavy atom. The quantitative estimate of drug-likeness (QED) is 0.822. The Balaban J connectivity index is 1.89. The lowest BCUT2D eigenvalue weighted by Gasteiger charge is -2.29. The van der Waals surface area contributed by atoms with Crippen LogP contribution in [0.25, 0.3) is 0 Å². The van der Waals surface area contributed by atoms with E-state index in [1.165, 1.54) is 18.9 Å². The van der Waals surface area contributed by atoms with Crippen molar-refractivity contribution in [1.29, 1.82) is 0 Å². The number of benzene rings is 1. The van der Waals surface area contributed by atoms with Gasteiger partial charge in [0.1, 0.15) is 5.82 Å². The van der Waals surface area contributed by atoms with Gasteiger partial charge >= 0.3 is 0 Å². The summed E-state index contributed by atoms with van der Waals surface area (Å²) in [5.74, 6) is -0.139. The summed E-state index contributed by atoms with van der Waals surface area (Å²) >= 11 is 0. The van der Waals surface area contributed by atoms with Crippen LogP contribution in [0.1, 0.15) is 31.2 Å². The zero-order valence-electron chi connectivity index (χ0n) is 9.45. The molecule has 1 aromatic rings. The van der Waals surface area contributed by atoms with Gasteiger partial charge in [0.05, 0.1) is 0 Å². The molecule has 2 nitrogen and oxygen atoms in total. The van der Waals surface area contributed by atoms with Crippen LogP contribution in [0.2, 0.25) is 0 Å². The third kappa shape index (κ3) is 2.80. The summed E-state index contributed by atoms with van der Waals surface area (Å²) in [6, 6.07) is 7.45. The summed E-state index contributed by atoms with van der Waals surface area (Å²) in [6.07, 6.45) is 4.63. The molecule has 1 saturated carbocycles. The van der Waals surface area contributed by atoms with Gasteiger partial charge in [-0.15, -0.1) is 0 Å². The van der Waals surface area contributed by atoms with E-state index in [1.807, 2.05) is 12.1 Å². The van der Waals surface area contributed by atoms with Gasteiger partial charge < -0.3 is 11.1 Å². The lowest BCUT2D eigenvalue weighted by atomic mass is 9.91. The van der Waals surface area contributed by atoms with Gasteiger partial charge in [-0.1, -0.05) is 31.0 Å². The van der Waals surface area contributed by atoms with Crippen LogP contribution in [0.4, 0.5) is 4.39 Å². The maximum atomic E-state index is 13.4. The molecule has 16 heavy (non-hydrogen) atoms. The number of rotatable bonds is 3. The van der Waals surface area contributed by atoms with Crippen molar-refractivity contribution < 1.29 is 4.39 Å². The Hall–Kier alpha value is -0.930. The van der Waals surface area contributed by atoms with Gasteiger partial charge in [0, 0.05) is 24.2 Å². The van der Waals surface area contributed by atoms with Crippen LogP contribution in [0.3, 0.4) is 0 Å². The van der Waals surface area contributed by atoms with Gasteiger partial charge in [0.25, 0.3) is 0 Å². The molecule has 0 aliphatic heterocycles. The van der Waals surface area contributed by atoms with E-state index in [9.17, 15) is 4.39 Å². The van der Waals surface area contributed by atoms with Crippen molar-refractivity contribution in [1.82, 2.24) is 5.32 Å². The highest BCUT2D eigenvalue weighted by Gasteiger charge is 2.21. The number of halogens is 1. The second-order valence-electron chi connectivity index (χ2n) is 4.53. The average molecular weight is 222 g/mol. The Bertz CT molecular complexity index is 340. The molecular formula is C13H19FN2. The molecule has 0 aromatic heterocycles. The second-order valence-corrected chi connectivity index (χ2v) is 4.53. The average Bonchev–Trinajstić information content (AvgIpc) is 2.30. The van der Waals surface area contributed by atoms with Crippen LogP contribution in [-0.4, -0.2) is 12.1 Å². The first-order chi connectivity index (χ1) is 7.77. The highest BCUT2D eigenvalue weighted by Crippen LogP contribution is 2.17. The SMILES string of the molecule is N[C@H]1CCCC[C@@H]1NCc1ccccc1F.